The summed E-state index contributed by atoms with van der Waals surface area (Å²) in [7, 11) is 3.21. The number of hydrogen-bond donors (Lipinski definition) is 0. The number of nitriles is 1. The number of allylic oxidation sites excluding steroid dienone is 1. The first-order valence-electron chi connectivity index (χ1n) is 10.3. The van der Waals surface area contributed by atoms with Gasteiger partial charge in [0.15, 0.2) is 0 Å². The van der Waals surface area contributed by atoms with Gasteiger partial charge in [-0.1, -0.05) is 12.2 Å². The Morgan fingerprint density at radius 1 is 1.26 bits per heavy atom. The number of benzene rings is 2. The third-order valence-corrected chi connectivity index (χ3v) is 6.45. The topological polar surface area (TPSA) is 85.7 Å². The Morgan fingerprint density at radius 2 is 2.12 bits per heavy atom. The quantitative estimate of drug-likeness (QED) is 0.374. The predicted molar refractivity (Wildman–Crippen MR) is 130 cm³/mol. The van der Waals surface area contributed by atoms with Crippen LogP contribution in [0, 0.1) is 17.1 Å². The molecule has 0 aliphatic heterocycles. The van der Waals surface area contributed by atoms with Crippen LogP contribution >= 0.6 is 11.3 Å². The molecule has 0 fully saturated rings. The van der Waals surface area contributed by atoms with Crippen molar-refractivity contribution in [3.05, 3.63) is 86.6 Å². The Balaban J connectivity index is 1.76. The normalized spacial score (nSPS) is 11.5. The number of hydrogen-bond acceptors (Lipinski definition) is 6. The van der Waals surface area contributed by atoms with Gasteiger partial charge in [-0.3, -0.25) is 19.1 Å². The molecule has 0 amide bonds. The van der Waals surface area contributed by atoms with Gasteiger partial charge in [0.1, 0.15) is 11.6 Å². The van der Waals surface area contributed by atoms with Crippen LogP contribution in [0.5, 0.6) is 5.75 Å². The molecule has 0 aliphatic rings. The minimum atomic E-state index is -0.656. The van der Waals surface area contributed by atoms with E-state index >= 15 is 0 Å². The number of imidazole rings is 1. The summed E-state index contributed by atoms with van der Waals surface area (Å²) >= 11 is 1.58. The van der Waals surface area contributed by atoms with E-state index in [2.05, 4.69) is 9.97 Å². The fourth-order valence-electron chi connectivity index (χ4n) is 3.97. The highest BCUT2D eigenvalue weighted by atomic mass is 32.1. The van der Waals surface area contributed by atoms with Crippen molar-refractivity contribution < 1.29 is 9.13 Å². The molecule has 0 atom stereocenters. The highest BCUT2D eigenvalue weighted by Gasteiger charge is 2.19. The molecule has 0 saturated carbocycles. The molecule has 9 heteroatoms. The lowest BCUT2D eigenvalue weighted by Crippen LogP contribution is -2.21. The Bertz CT molecular complexity index is 1680. The Hall–Kier alpha value is -4.29. The summed E-state index contributed by atoms with van der Waals surface area (Å²) in [5.74, 6) is -0.0221. The van der Waals surface area contributed by atoms with Crippen LogP contribution in [0.15, 0.2) is 59.1 Å². The smallest absolute Gasteiger partial charge is 0.333 e. The van der Waals surface area contributed by atoms with Gasteiger partial charge < -0.3 is 4.74 Å². The summed E-state index contributed by atoms with van der Waals surface area (Å²) in [6.45, 7) is 0. The lowest BCUT2D eigenvalue weighted by molar-refractivity contribution is 0.414. The fourth-order valence-corrected chi connectivity index (χ4v) is 4.55. The zero-order valence-corrected chi connectivity index (χ0v) is 19.1. The van der Waals surface area contributed by atoms with Crippen molar-refractivity contribution in [1.29, 1.82) is 5.26 Å². The average molecular weight is 472 g/mol. The largest absolute Gasteiger partial charge is 0.496 e. The van der Waals surface area contributed by atoms with Crippen LogP contribution in [-0.2, 0) is 13.5 Å². The van der Waals surface area contributed by atoms with Gasteiger partial charge in [0, 0.05) is 41.6 Å². The standard InChI is InChI=1S/C25H18FN5O2S/c1-30-22-13-29-20-10-23(33-2)16(4-3-5-17-12-28-14-34-17)9-18(20)24(22)31(25(30)32)21-7-6-15(11-27)8-19(21)26/h3-4,6-10,12-14H,5H2,1-2H3/b4-3-. The molecule has 168 valence electrons. The molecule has 0 saturated heterocycles. The molecule has 3 aromatic heterocycles. The van der Waals surface area contributed by atoms with Crippen LogP contribution in [-0.4, -0.2) is 26.2 Å². The molecule has 0 N–H and O–H groups in total. The number of fused-ring (bicyclic) bond motifs is 3. The molecule has 34 heavy (non-hydrogen) atoms. The van der Waals surface area contributed by atoms with E-state index in [4.69, 9.17) is 10.00 Å². The van der Waals surface area contributed by atoms with E-state index in [1.807, 2.05) is 30.5 Å². The van der Waals surface area contributed by atoms with Crippen molar-refractivity contribution >= 4 is 39.3 Å². The Labute approximate surface area is 197 Å². The van der Waals surface area contributed by atoms with E-state index in [1.165, 1.54) is 21.3 Å². The second-order valence-electron chi connectivity index (χ2n) is 7.63. The van der Waals surface area contributed by atoms with Crippen molar-refractivity contribution in [2.24, 2.45) is 7.05 Å². The van der Waals surface area contributed by atoms with Crippen LogP contribution in [0.4, 0.5) is 4.39 Å². The van der Waals surface area contributed by atoms with Crippen molar-refractivity contribution in [3.8, 4) is 17.5 Å². The first-order chi connectivity index (χ1) is 16.5. The second kappa shape index (κ2) is 8.57. The summed E-state index contributed by atoms with van der Waals surface area (Å²) in [5, 5.41) is 9.77. The summed E-state index contributed by atoms with van der Waals surface area (Å²) in [6.07, 6.45) is 8.11. The number of aryl methyl sites for hydroxylation is 1. The van der Waals surface area contributed by atoms with E-state index in [-0.39, 0.29) is 11.3 Å². The molecule has 5 rings (SSSR count). The zero-order valence-electron chi connectivity index (χ0n) is 18.3. The van der Waals surface area contributed by atoms with E-state index in [0.29, 0.717) is 27.7 Å². The summed E-state index contributed by atoms with van der Waals surface area (Å²) in [5.41, 5.74) is 4.13. The minimum absolute atomic E-state index is 0.0696. The second-order valence-corrected chi connectivity index (χ2v) is 8.60. The maximum Gasteiger partial charge on any atom is 0.333 e. The van der Waals surface area contributed by atoms with Crippen LogP contribution < -0.4 is 10.4 Å². The monoisotopic (exact) mass is 471 g/mol. The number of aromatic nitrogens is 4. The van der Waals surface area contributed by atoms with E-state index in [1.54, 1.807) is 43.3 Å². The molecule has 0 aliphatic carbocycles. The van der Waals surface area contributed by atoms with Crippen molar-refractivity contribution in [2.75, 3.05) is 7.11 Å². The Morgan fingerprint density at radius 3 is 2.82 bits per heavy atom. The van der Waals surface area contributed by atoms with Gasteiger partial charge >= 0.3 is 5.69 Å². The molecule has 7 nitrogen and oxygen atoms in total. The SMILES string of the molecule is COc1cc2ncc3c(c2cc1/C=C\Cc1cncs1)n(-c1ccc(C#N)cc1F)c(=O)n3C. The number of thiazole rings is 1. The summed E-state index contributed by atoms with van der Waals surface area (Å²) < 4.78 is 23.3. The number of halogens is 1. The van der Waals surface area contributed by atoms with Crippen molar-refractivity contribution in [3.63, 3.8) is 0 Å². The molecule has 5 aromatic rings. The van der Waals surface area contributed by atoms with Crippen molar-refractivity contribution in [1.82, 2.24) is 19.1 Å². The highest BCUT2D eigenvalue weighted by molar-refractivity contribution is 7.09. The molecule has 0 unspecified atom stereocenters. The van der Waals surface area contributed by atoms with Gasteiger partial charge in [-0.25, -0.2) is 9.18 Å². The van der Waals surface area contributed by atoms with Crippen molar-refractivity contribution in [2.45, 2.75) is 6.42 Å². The van der Waals surface area contributed by atoms with E-state index < -0.39 is 11.5 Å². The zero-order chi connectivity index (χ0) is 23.8. The number of rotatable bonds is 5. The average Bonchev–Trinajstić information content (AvgIpc) is 3.45. The molecule has 0 radical (unpaired) electrons. The maximum absolute atomic E-state index is 15.0. The predicted octanol–water partition coefficient (Wildman–Crippen LogP) is 4.61. The van der Waals surface area contributed by atoms with Crippen LogP contribution in [0.1, 0.15) is 16.0 Å². The van der Waals surface area contributed by atoms with E-state index in [9.17, 15) is 9.18 Å². The number of ether oxygens (including phenoxy) is 1. The fraction of sp³-hybridized carbons (Fsp3) is 0.120. The lowest BCUT2D eigenvalue weighted by atomic mass is 10.1. The Kier molecular flexibility index (Phi) is 5.43. The van der Waals surface area contributed by atoms with Gasteiger partial charge in [0.25, 0.3) is 0 Å². The third kappa shape index (κ3) is 3.54. The lowest BCUT2D eigenvalue weighted by Gasteiger charge is -2.10. The molecule has 3 heterocycles. The molecule has 0 spiro atoms. The highest BCUT2D eigenvalue weighted by Crippen LogP contribution is 2.32. The van der Waals surface area contributed by atoms with Crippen LogP contribution in [0.25, 0.3) is 33.7 Å². The van der Waals surface area contributed by atoms with Gasteiger partial charge in [0.05, 0.1) is 52.7 Å². The summed E-state index contributed by atoms with van der Waals surface area (Å²) in [4.78, 5) is 22.9. The van der Waals surface area contributed by atoms with Crippen LogP contribution in [0.2, 0.25) is 0 Å². The first-order valence-corrected chi connectivity index (χ1v) is 11.2. The molecular weight excluding hydrogens is 453 g/mol. The van der Waals surface area contributed by atoms with Gasteiger partial charge in [-0.15, -0.1) is 11.3 Å². The number of nitrogens with zero attached hydrogens (tertiary/aromatic N) is 5. The van der Waals surface area contributed by atoms with Gasteiger partial charge in [-0.05, 0) is 24.3 Å². The molecule has 2 aromatic carbocycles. The van der Waals surface area contributed by atoms with Gasteiger partial charge in [-0.2, -0.15) is 5.26 Å². The van der Waals surface area contributed by atoms with Crippen LogP contribution in [0.3, 0.4) is 0 Å². The number of methoxy groups -OCH3 is 1. The first kappa shape index (κ1) is 21.6. The summed E-state index contributed by atoms with van der Waals surface area (Å²) in [6, 6.07) is 9.67. The van der Waals surface area contributed by atoms with Gasteiger partial charge in [0.2, 0.25) is 0 Å². The minimum Gasteiger partial charge on any atom is -0.496 e. The third-order valence-electron chi connectivity index (χ3n) is 5.65. The number of pyridine rings is 1. The molecule has 0 bridgehead atoms. The molecular formula is C25H18FN5O2S. The maximum atomic E-state index is 15.0. The van der Waals surface area contributed by atoms with E-state index in [0.717, 1.165) is 22.9 Å².